The molecule has 2 aromatic heterocycles. The van der Waals surface area contributed by atoms with Crippen LogP contribution in [0.25, 0.3) is 0 Å². The number of benzene rings is 1. The molecule has 3 heterocycles. The molecule has 0 spiro atoms. The number of halogens is 1. The van der Waals surface area contributed by atoms with Gasteiger partial charge in [-0.25, -0.2) is 0 Å². The van der Waals surface area contributed by atoms with Crippen LogP contribution in [0.1, 0.15) is 50.7 Å². The van der Waals surface area contributed by atoms with Gasteiger partial charge in [-0.2, -0.15) is 5.10 Å². The maximum absolute atomic E-state index is 13.3. The van der Waals surface area contributed by atoms with Crippen LogP contribution in [0.15, 0.2) is 34.9 Å². The third-order valence-corrected chi connectivity index (χ3v) is 7.67. The van der Waals surface area contributed by atoms with Gasteiger partial charge in [0.05, 0.1) is 4.75 Å². The molecule has 1 aromatic carbocycles. The molecule has 3 aromatic rings. The van der Waals surface area contributed by atoms with Crippen LogP contribution >= 0.6 is 23.5 Å². The summed E-state index contributed by atoms with van der Waals surface area (Å²) in [5, 5.41) is 11.9. The molecule has 0 bridgehead atoms. The van der Waals surface area contributed by atoms with Gasteiger partial charge in [0.15, 0.2) is 11.5 Å². The Kier molecular flexibility index (Phi) is 6.03. The fraction of sp³-hybridized carbons (Fsp3) is 0.391. The van der Waals surface area contributed by atoms with Crippen molar-refractivity contribution in [1.82, 2.24) is 25.2 Å². The Morgan fingerprint density at radius 3 is 2.74 bits per heavy atom. The summed E-state index contributed by atoms with van der Waals surface area (Å²) in [4.78, 5) is 28.1. The monoisotopic (exact) mass is 500 g/mol. The second-order valence-corrected chi connectivity index (χ2v) is 10.5. The molecule has 0 atom stereocenters. The first kappa shape index (κ1) is 22.8. The Labute approximate surface area is 206 Å². The topological polar surface area (TPSA) is 105 Å². The minimum Gasteiger partial charge on any atom is -0.360 e. The highest BCUT2D eigenvalue weighted by Crippen LogP contribution is 2.49. The van der Waals surface area contributed by atoms with Crippen molar-refractivity contribution in [3.8, 4) is 0 Å². The fourth-order valence-corrected chi connectivity index (χ4v) is 5.20. The first-order valence-electron chi connectivity index (χ1n) is 11.1. The van der Waals surface area contributed by atoms with Crippen LogP contribution in [0, 0.1) is 6.92 Å². The minimum atomic E-state index is -0.283. The van der Waals surface area contributed by atoms with Gasteiger partial charge in [0.2, 0.25) is 0 Å². The predicted molar refractivity (Wildman–Crippen MR) is 130 cm³/mol. The molecule has 1 fully saturated rings. The highest BCUT2D eigenvalue weighted by molar-refractivity contribution is 8.02. The number of aromatic nitrogens is 3. The molecule has 0 saturated heterocycles. The van der Waals surface area contributed by atoms with Gasteiger partial charge in [-0.05, 0) is 55.8 Å². The maximum Gasteiger partial charge on any atom is 0.272 e. The molecule has 1 aliphatic carbocycles. The van der Waals surface area contributed by atoms with Crippen molar-refractivity contribution >= 4 is 41.2 Å². The van der Waals surface area contributed by atoms with E-state index >= 15 is 0 Å². The van der Waals surface area contributed by atoms with Crippen molar-refractivity contribution in [2.24, 2.45) is 7.05 Å². The zero-order valence-electron chi connectivity index (χ0n) is 18.9. The van der Waals surface area contributed by atoms with Gasteiger partial charge < -0.3 is 19.5 Å². The average molecular weight is 501 g/mol. The second kappa shape index (κ2) is 8.99. The van der Waals surface area contributed by atoms with Crippen molar-refractivity contribution < 1.29 is 14.1 Å². The fourth-order valence-electron chi connectivity index (χ4n) is 4.13. The van der Waals surface area contributed by atoms with Gasteiger partial charge in [0, 0.05) is 43.3 Å². The van der Waals surface area contributed by atoms with Crippen LogP contribution in [-0.2, 0) is 20.0 Å². The molecule has 5 rings (SSSR count). The molecule has 2 aliphatic rings. The number of anilines is 1. The van der Waals surface area contributed by atoms with Crippen LogP contribution in [-0.4, -0.2) is 49.5 Å². The Morgan fingerprint density at radius 2 is 2.06 bits per heavy atom. The number of hydrogen-bond acceptors (Lipinski definition) is 7. The van der Waals surface area contributed by atoms with Crippen LogP contribution < -0.4 is 10.0 Å². The smallest absolute Gasteiger partial charge is 0.272 e. The predicted octanol–water partition coefficient (Wildman–Crippen LogP) is 3.59. The van der Waals surface area contributed by atoms with E-state index in [0.29, 0.717) is 53.8 Å². The lowest BCUT2D eigenvalue weighted by atomic mass is 10.0. The number of amides is 2. The minimum absolute atomic E-state index is 0.0442. The largest absolute Gasteiger partial charge is 0.360 e. The van der Waals surface area contributed by atoms with Crippen LogP contribution in [0.4, 0.5) is 5.82 Å². The molecular formula is C23H25ClN6O3S. The second-order valence-electron chi connectivity index (χ2n) is 8.80. The third kappa shape index (κ3) is 4.65. The van der Waals surface area contributed by atoms with Gasteiger partial charge in [0.1, 0.15) is 11.5 Å². The molecule has 1 saturated carbocycles. The van der Waals surface area contributed by atoms with E-state index in [-0.39, 0.29) is 16.6 Å². The molecule has 2 N–H and O–H groups in total. The van der Waals surface area contributed by atoms with E-state index in [2.05, 4.69) is 20.3 Å². The van der Waals surface area contributed by atoms with E-state index in [1.807, 2.05) is 30.0 Å². The van der Waals surface area contributed by atoms with E-state index in [4.69, 9.17) is 16.1 Å². The highest BCUT2D eigenvalue weighted by atomic mass is 35.5. The Balaban J connectivity index is 1.24. The number of nitrogens with zero attached hydrogens (tertiary/aromatic N) is 4. The van der Waals surface area contributed by atoms with Gasteiger partial charge in [0.25, 0.3) is 11.8 Å². The maximum atomic E-state index is 13.3. The summed E-state index contributed by atoms with van der Waals surface area (Å²) >= 11 is 7.51. The molecule has 1 aliphatic heterocycles. The summed E-state index contributed by atoms with van der Waals surface area (Å²) in [7, 11) is 1.71. The lowest BCUT2D eigenvalue weighted by molar-refractivity contribution is 0.0725. The van der Waals surface area contributed by atoms with E-state index in [0.717, 1.165) is 24.2 Å². The van der Waals surface area contributed by atoms with Crippen molar-refractivity contribution in [1.29, 1.82) is 0 Å². The first-order valence-corrected chi connectivity index (χ1v) is 12.3. The standard InChI is InChI=1S/C23H25ClN6O3S/c1-14-11-18(27-33-14)28-34-23(8-9-23)13-30-10-7-17-19(26-29(2)20(17)22(30)32)21(31)25-12-15-3-5-16(24)6-4-15/h3-6,11H,7-10,12-13H2,1-2H3,(H,25,31)(H,27,28). The lowest BCUT2D eigenvalue weighted by Gasteiger charge is -2.30. The summed E-state index contributed by atoms with van der Waals surface area (Å²) < 4.78 is 9.84. The van der Waals surface area contributed by atoms with Crippen LogP contribution in [0.3, 0.4) is 0 Å². The normalized spacial score (nSPS) is 16.3. The average Bonchev–Trinajstić information content (AvgIpc) is 3.32. The molecule has 178 valence electrons. The number of hydrogen-bond donors (Lipinski definition) is 2. The summed E-state index contributed by atoms with van der Waals surface area (Å²) in [6, 6.07) is 9.14. The van der Waals surface area contributed by atoms with Crippen molar-refractivity contribution in [3.05, 3.63) is 63.6 Å². The van der Waals surface area contributed by atoms with Crippen LogP contribution in [0.5, 0.6) is 0 Å². The van der Waals surface area contributed by atoms with E-state index in [1.54, 1.807) is 31.1 Å². The lowest BCUT2D eigenvalue weighted by Crippen LogP contribution is -2.43. The molecule has 9 nitrogen and oxygen atoms in total. The first-order chi connectivity index (χ1) is 16.3. The Morgan fingerprint density at radius 1 is 1.29 bits per heavy atom. The van der Waals surface area contributed by atoms with Crippen molar-refractivity contribution in [3.63, 3.8) is 0 Å². The Hall–Kier alpha value is -2.98. The molecular weight excluding hydrogens is 476 g/mol. The molecule has 34 heavy (non-hydrogen) atoms. The van der Waals surface area contributed by atoms with E-state index in [1.165, 1.54) is 4.68 Å². The summed E-state index contributed by atoms with van der Waals surface area (Å²) in [5.74, 6) is 1.06. The van der Waals surface area contributed by atoms with Crippen molar-refractivity contribution in [2.75, 3.05) is 17.8 Å². The molecule has 11 heteroatoms. The summed E-state index contributed by atoms with van der Waals surface area (Å²) in [5.41, 5.74) is 2.46. The number of fused-ring (bicyclic) bond motifs is 1. The van der Waals surface area contributed by atoms with E-state index in [9.17, 15) is 9.59 Å². The quantitative estimate of drug-likeness (QED) is 0.455. The highest BCUT2D eigenvalue weighted by Gasteiger charge is 2.47. The molecule has 0 radical (unpaired) electrons. The van der Waals surface area contributed by atoms with E-state index < -0.39 is 0 Å². The van der Waals surface area contributed by atoms with Gasteiger partial charge in [-0.1, -0.05) is 28.9 Å². The number of carbonyl (C=O) groups excluding carboxylic acids is 2. The molecule has 2 amide bonds. The van der Waals surface area contributed by atoms with Crippen LogP contribution in [0.2, 0.25) is 5.02 Å². The summed E-state index contributed by atoms with van der Waals surface area (Å²) in [6.07, 6.45) is 2.62. The number of carbonyl (C=O) groups is 2. The van der Waals surface area contributed by atoms with Gasteiger partial charge >= 0.3 is 0 Å². The Bertz CT molecular complexity index is 1230. The zero-order chi connectivity index (χ0) is 23.9. The molecule has 0 unspecified atom stereocenters. The summed E-state index contributed by atoms with van der Waals surface area (Å²) in [6.45, 7) is 3.39. The SMILES string of the molecule is Cc1cc(NSC2(CN3CCc4c(C(=O)NCc5ccc(Cl)cc5)nn(C)c4C3=O)CC2)no1. The number of rotatable bonds is 8. The third-order valence-electron chi connectivity index (χ3n) is 6.13. The van der Waals surface area contributed by atoms with Gasteiger partial charge in [-0.15, -0.1) is 0 Å². The number of nitrogens with one attached hydrogen (secondary N) is 2. The zero-order valence-corrected chi connectivity index (χ0v) is 20.5. The van der Waals surface area contributed by atoms with Gasteiger partial charge in [-0.3, -0.25) is 14.3 Å². The van der Waals surface area contributed by atoms with Crippen molar-refractivity contribution in [2.45, 2.75) is 37.5 Å². The number of aryl methyl sites for hydroxylation is 2.